The summed E-state index contributed by atoms with van der Waals surface area (Å²) in [5.74, 6) is -7.63. The van der Waals surface area contributed by atoms with Crippen LogP contribution in [0.5, 0.6) is 0 Å². The Kier molecular flexibility index (Phi) is 7.61. The van der Waals surface area contributed by atoms with Crippen LogP contribution < -0.4 is 10.6 Å². The summed E-state index contributed by atoms with van der Waals surface area (Å²) in [5.41, 5.74) is -0.941. The summed E-state index contributed by atoms with van der Waals surface area (Å²) in [6.45, 7) is 5.33. The zero-order chi connectivity index (χ0) is 20.2. The molecule has 0 saturated heterocycles. The molecule has 0 saturated carbocycles. The largest absolute Gasteiger partial charge is 0.444 e. The fraction of sp³-hybridized carbons (Fsp3) is 0.857. The highest BCUT2D eigenvalue weighted by Crippen LogP contribution is 2.25. The molecule has 0 aromatic rings. The van der Waals surface area contributed by atoms with Gasteiger partial charge in [0, 0.05) is 0 Å². The van der Waals surface area contributed by atoms with E-state index >= 15 is 0 Å². The average Bonchev–Trinajstić information content (AvgIpc) is 2.38. The number of carbonyl (C=O) groups excluding carboxylic acids is 2. The number of halogens is 5. The van der Waals surface area contributed by atoms with Crippen molar-refractivity contribution in [1.29, 1.82) is 0 Å². The monoisotopic (exact) mass is 378 g/mol. The zero-order valence-corrected chi connectivity index (χ0v) is 14.5. The Morgan fingerprint density at radius 2 is 1.56 bits per heavy atom. The van der Waals surface area contributed by atoms with Crippen LogP contribution in [0.25, 0.3) is 0 Å². The zero-order valence-electron chi connectivity index (χ0n) is 14.5. The van der Waals surface area contributed by atoms with Crippen LogP contribution >= 0.6 is 0 Å². The summed E-state index contributed by atoms with van der Waals surface area (Å²) in [4.78, 5) is 23.0. The van der Waals surface area contributed by atoms with Crippen LogP contribution in [-0.4, -0.2) is 53.5 Å². The molecule has 2 atom stereocenters. The van der Waals surface area contributed by atoms with Crippen LogP contribution in [0.15, 0.2) is 0 Å². The number of ether oxygens (including phenoxy) is 1. The van der Waals surface area contributed by atoms with Gasteiger partial charge in [-0.15, -0.1) is 0 Å². The summed E-state index contributed by atoms with van der Waals surface area (Å²) < 4.78 is 68.9. The third kappa shape index (κ3) is 8.32. The van der Waals surface area contributed by atoms with Crippen LogP contribution in [0.3, 0.4) is 0 Å². The number of hydrogen-bond acceptors (Lipinski definition) is 4. The second-order valence-electron chi connectivity index (χ2n) is 6.78. The van der Waals surface area contributed by atoms with Crippen molar-refractivity contribution in [2.75, 3.05) is 6.54 Å². The lowest BCUT2D eigenvalue weighted by molar-refractivity contribution is -0.174. The minimum atomic E-state index is -4.89. The lowest BCUT2D eigenvalue weighted by atomic mass is 9.94. The first-order chi connectivity index (χ1) is 11.0. The lowest BCUT2D eigenvalue weighted by Gasteiger charge is -2.32. The number of rotatable bonds is 6. The Balaban J connectivity index is 5.14. The van der Waals surface area contributed by atoms with E-state index < -0.39 is 54.3 Å². The van der Waals surface area contributed by atoms with E-state index in [-0.39, 0.29) is 0 Å². The third-order valence-corrected chi connectivity index (χ3v) is 2.87. The van der Waals surface area contributed by atoms with E-state index in [1.807, 2.05) is 5.32 Å². The Morgan fingerprint density at radius 1 is 1.08 bits per heavy atom. The molecule has 0 spiro atoms. The van der Waals surface area contributed by atoms with Crippen LogP contribution in [0.1, 0.15) is 34.6 Å². The molecule has 25 heavy (non-hydrogen) atoms. The number of alkyl halides is 5. The molecule has 11 heteroatoms. The van der Waals surface area contributed by atoms with Gasteiger partial charge in [0.1, 0.15) is 18.2 Å². The molecule has 2 amide bonds. The van der Waals surface area contributed by atoms with Crippen molar-refractivity contribution in [3.05, 3.63) is 0 Å². The van der Waals surface area contributed by atoms with Gasteiger partial charge in [0.2, 0.25) is 0 Å². The topological polar surface area (TPSA) is 87.7 Å². The molecule has 0 heterocycles. The smallest absolute Gasteiger partial charge is 0.407 e. The van der Waals surface area contributed by atoms with E-state index in [1.54, 1.807) is 0 Å². The first-order valence-electron chi connectivity index (χ1n) is 7.38. The van der Waals surface area contributed by atoms with E-state index in [1.165, 1.54) is 34.6 Å². The maximum atomic E-state index is 14.0. The van der Waals surface area contributed by atoms with Gasteiger partial charge < -0.3 is 20.5 Å². The Bertz CT molecular complexity index is 475. The number of carbonyl (C=O) groups is 2. The SMILES string of the molecule is CC(C)C(NC(=O)OC(C)(C)C)C(O)C(F)(F)C(=O)NCC(F)(F)F. The summed E-state index contributed by atoms with van der Waals surface area (Å²) >= 11 is 0. The van der Waals surface area contributed by atoms with E-state index in [0.29, 0.717) is 0 Å². The van der Waals surface area contributed by atoms with Gasteiger partial charge in [-0.05, 0) is 26.7 Å². The molecule has 6 nitrogen and oxygen atoms in total. The van der Waals surface area contributed by atoms with Crippen molar-refractivity contribution in [3.63, 3.8) is 0 Å². The van der Waals surface area contributed by atoms with Gasteiger partial charge in [-0.25, -0.2) is 4.79 Å². The average molecular weight is 378 g/mol. The molecule has 0 radical (unpaired) electrons. The van der Waals surface area contributed by atoms with Crippen molar-refractivity contribution in [2.45, 2.75) is 64.5 Å². The summed E-state index contributed by atoms with van der Waals surface area (Å²) in [6, 6.07) is -1.64. The van der Waals surface area contributed by atoms with Crippen molar-refractivity contribution in [1.82, 2.24) is 10.6 Å². The number of amides is 2. The number of nitrogens with one attached hydrogen (secondary N) is 2. The number of hydrogen-bond donors (Lipinski definition) is 3. The Morgan fingerprint density at radius 3 is 1.92 bits per heavy atom. The fourth-order valence-electron chi connectivity index (χ4n) is 1.71. The van der Waals surface area contributed by atoms with Gasteiger partial charge >= 0.3 is 18.2 Å². The molecular weight excluding hydrogens is 355 g/mol. The van der Waals surface area contributed by atoms with Crippen molar-refractivity contribution >= 4 is 12.0 Å². The summed E-state index contributed by atoms with van der Waals surface area (Å²) in [5, 5.41) is 12.8. The summed E-state index contributed by atoms with van der Waals surface area (Å²) in [6.07, 6.45) is -8.76. The molecule has 0 rings (SSSR count). The Hall–Kier alpha value is -1.65. The molecule has 0 aliphatic rings. The highest BCUT2D eigenvalue weighted by molar-refractivity contribution is 5.84. The van der Waals surface area contributed by atoms with Gasteiger partial charge in [0.15, 0.2) is 0 Å². The van der Waals surface area contributed by atoms with Gasteiger partial charge in [0.25, 0.3) is 5.91 Å². The van der Waals surface area contributed by atoms with E-state index in [4.69, 9.17) is 4.74 Å². The maximum absolute atomic E-state index is 14.0. The molecule has 148 valence electrons. The van der Waals surface area contributed by atoms with Gasteiger partial charge in [-0.2, -0.15) is 22.0 Å². The third-order valence-electron chi connectivity index (χ3n) is 2.87. The van der Waals surface area contributed by atoms with Crippen molar-refractivity contribution < 1.29 is 41.4 Å². The second kappa shape index (κ2) is 8.15. The number of alkyl carbamates (subject to hydrolysis) is 1. The molecule has 0 fully saturated rings. The second-order valence-corrected chi connectivity index (χ2v) is 6.78. The summed E-state index contributed by atoms with van der Waals surface area (Å²) in [7, 11) is 0. The first-order valence-corrected chi connectivity index (χ1v) is 7.38. The first kappa shape index (κ1) is 23.4. The molecule has 3 N–H and O–H groups in total. The molecule has 0 aromatic heterocycles. The van der Waals surface area contributed by atoms with Gasteiger partial charge in [-0.3, -0.25) is 4.79 Å². The predicted octanol–water partition coefficient (Wildman–Crippen LogP) is 2.21. The van der Waals surface area contributed by atoms with Crippen LogP contribution in [0, 0.1) is 5.92 Å². The highest BCUT2D eigenvalue weighted by Gasteiger charge is 2.52. The van der Waals surface area contributed by atoms with Crippen molar-refractivity contribution in [2.24, 2.45) is 5.92 Å². The number of aliphatic hydroxyl groups is 1. The van der Waals surface area contributed by atoms with E-state index in [2.05, 4.69) is 0 Å². The van der Waals surface area contributed by atoms with Crippen molar-refractivity contribution in [3.8, 4) is 0 Å². The molecule has 2 unspecified atom stereocenters. The molecule has 0 bridgehead atoms. The molecule has 0 aromatic carbocycles. The van der Waals surface area contributed by atoms with E-state index in [0.717, 1.165) is 5.32 Å². The van der Waals surface area contributed by atoms with Crippen LogP contribution in [-0.2, 0) is 9.53 Å². The highest BCUT2D eigenvalue weighted by atomic mass is 19.4. The lowest BCUT2D eigenvalue weighted by Crippen LogP contribution is -2.60. The predicted molar refractivity (Wildman–Crippen MR) is 78.0 cm³/mol. The van der Waals surface area contributed by atoms with E-state index in [9.17, 15) is 36.6 Å². The molecule has 0 aliphatic heterocycles. The normalized spacial score (nSPS) is 15.5. The number of aliphatic hydroxyl groups excluding tert-OH is 1. The Labute approximate surface area is 142 Å². The quantitative estimate of drug-likeness (QED) is 0.619. The minimum absolute atomic E-state index is 0.774. The van der Waals surface area contributed by atoms with Gasteiger partial charge in [0.05, 0.1) is 6.04 Å². The standard InChI is InChI=1S/C14H23F5N2O4/c1-7(2)8(21-11(24)25-12(3,4)5)9(22)14(18,19)10(23)20-6-13(15,16)17/h7-9,22H,6H2,1-5H3,(H,20,23)(H,21,24). The van der Waals surface area contributed by atoms with Gasteiger partial charge in [-0.1, -0.05) is 13.8 Å². The van der Waals surface area contributed by atoms with Crippen LogP contribution in [0.2, 0.25) is 0 Å². The molecular formula is C14H23F5N2O4. The maximum Gasteiger partial charge on any atom is 0.407 e. The minimum Gasteiger partial charge on any atom is -0.444 e. The van der Waals surface area contributed by atoms with Crippen LogP contribution in [0.4, 0.5) is 26.7 Å². The fourth-order valence-corrected chi connectivity index (χ4v) is 1.71. The molecule has 0 aliphatic carbocycles.